The topological polar surface area (TPSA) is 228 Å². The number of aliphatic hydroxyl groups is 8. The van der Waals surface area contributed by atoms with Crippen molar-refractivity contribution in [1.29, 1.82) is 0 Å². The highest BCUT2D eigenvalue weighted by Gasteiger charge is 2.51. The first-order chi connectivity index (χ1) is 38.1. The first-order valence-electron chi connectivity index (χ1n) is 30.8. The molecule has 2 rings (SSSR count). The Bertz CT molecular complexity index is 1630. The summed E-state index contributed by atoms with van der Waals surface area (Å²) in [6, 6.07) is -0.938. The fraction of sp³-hybridized carbons (Fsp3) is 0.766. The number of unbranched alkanes of at least 4 members (excludes halogenated alkanes) is 23. The first-order valence-corrected chi connectivity index (χ1v) is 30.8. The third-order valence-corrected chi connectivity index (χ3v) is 14.6. The molecule has 12 atom stereocenters. The van der Waals surface area contributed by atoms with Gasteiger partial charge in [0.15, 0.2) is 12.6 Å². The zero-order valence-electron chi connectivity index (χ0n) is 48.4. The van der Waals surface area contributed by atoms with E-state index in [0.29, 0.717) is 12.8 Å². The Morgan fingerprint density at radius 2 is 0.897 bits per heavy atom. The Labute approximate surface area is 471 Å². The Balaban J connectivity index is 1.74. The lowest BCUT2D eigenvalue weighted by atomic mass is 9.97. The maximum Gasteiger partial charge on any atom is 0.220 e. The summed E-state index contributed by atoms with van der Waals surface area (Å²) in [6.07, 6.45) is 49.0. The van der Waals surface area contributed by atoms with Crippen LogP contribution in [0.5, 0.6) is 0 Å². The number of allylic oxidation sites excluding steroid dienone is 13. The molecule has 14 heteroatoms. The molecule has 0 aromatic carbocycles. The first kappa shape index (κ1) is 71.3. The van der Waals surface area contributed by atoms with Crippen LogP contribution in [-0.4, -0.2) is 140 Å². The zero-order valence-corrected chi connectivity index (χ0v) is 48.4. The van der Waals surface area contributed by atoms with Crippen molar-refractivity contribution in [3.8, 4) is 0 Å². The van der Waals surface area contributed by atoms with E-state index >= 15 is 0 Å². The van der Waals surface area contributed by atoms with E-state index in [1.165, 1.54) is 116 Å². The highest BCUT2D eigenvalue weighted by atomic mass is 16.7. The minimum atomic E-state index is -1.79. The predicted octanol–water partition coefficient (Wildman–Crippen LogP) is 10.9. The lowest BCUT2D eigenvalue weighted by Gasteiger charge is -2.46. The van der Waals surface area contributed by atoms with Gasteiger partial charge in [0.25, 0.3) is 0 Å². The lowest BCUT2D eigenvalue weighted by Crippen LogP contribution is -2.65. The highest BCUT2D eigenvalue weighted by molar-refractivity contribution is 5.76. The summed E-state index contributed by atoms with van der Waals surface area (Å²) in [7, 11) is 0. The number of hydrogen-bond donors (Lipinski definition) is 9. The molecule has 2 fully saturated rings. The Hall–Kier alpha value is -2.83. The minimum Gasteiger partial charge on any atom is -0.394 e. The van der Waals surface area contributed by atoms with Crippen LogP contribution in [0, 0.1) is 0 Å². The fourth-order valence-electron chi connectivity index (χ4n) is 9.63. The van der Waals surface area contributed by atoms with Crippen molar-refractivity contribution in [1.82, 2.24) is 5.32 Å². The molecule has 0 aromatic heterocycles. The van der Waals surface area contributed by atoms with Gasteiger partial charge in [-0.1, -0.05) is 221 Å². The van der Waals surface area contributed by atoms with Crippen LogP contribution in [0.2, 0.25) is 0 Å². The highest BCUT2D eigenvalue weighted by Crippen LogP contribution is 2.30. The fourth-order valence-corrected chi connectivity index (χ4v) is 9.63. The van der Waals surface area contributed by atoms with E-state index in [1.54, 1.807) is 6.08 Å². The number of carbonyl (C=O) groups excluding carboxylic acids is 1. The third kappa shape index (κ3) is 33.8. The molecule has 9 N–H and O–H groups in total. The van der Waals surface area contributed by atoms with Gasteiger partial charge in [0, 0.05) is 6.42 Å². The van der Waals surface area contributed by atoms with Crippen molar-refractivity contribution in [2.75, 3.05) is 19.8 Å². The molecule has 0 spiro atoms. The van der Waals surface area contributed by atoms with Crippen molar-refractivity contribution in [2.24, 2.45) is 0 Å². The number of amides is 1. The standard InChI is InChI=1S/C64H111NO13/c1-3-5-7-9-11-13-15-17-19-21-22-23-24-25-26-27-28-29-30-32-34-36-38-40-42-44-46-48-56(69)65-52(53(68)47-45-43-41-39-37-35-33-31-20-18-16-14-12-10-8-6-4-2)51-75-63-61(74)59(72)62(55(50-67)77-63)78-64-60(73)58(71)57(70)54(49-66)76-64/h5,7,11,13,17,19,22-23,25-26,37,39,45,47,52-55,57-64,66-68,70-74H,3-4,6,8-10,12,14-16,18,20-21,24,27-36,38,40-44,46,48-51H2,1-2H3,(H,65,69)/b7-5-,13-11-,19-17-,23-22-,26-25-,39-37+,47-45+. The summed E-state index contributed by atoms with van der Waals surface area (Å²) < 4.78 is 22.8. The van der Waals surface area contributed by atoms with Gasteiger partial charge < -0.3 is 65.1 Å². The van der Waals surface area contributed by atoms with Crippen LogP contribution in [0.1, 0.15) is 219 Å². The van der Waals surface area contributed by atoms with E-state index in [2.05, 4.69) is 92.1 Å². The van der Waals surface area contributed by atoms with Crippen molar-refractivity contribution >= 4 is 5.91 Å². The molecule has 1 amide bonds. The normalized spacial score (nSPS) is 25.2. The van der Waals surface area contributed by atoms with Crippen LogP contribution in [-0.2, 0) is 23.7 Å². The van der Waals surface area contributed by atoms with Crippen LogP contribution < -0.4 is 5.32 Å². The quantitative estimate of drug-likeness (QED) is 0.0204. The molecule has 0 aliphatic carbocycles. The van der Waals surface area contributed by atoms with Crippen LogP contribution in [0.3, 0.4) is 0 Å². The van der Waals surface area contributed by atoms with Gasteiger partial charge in [-0.25, -0.2) is 0 Å². The van der Waals surface area contributed by atoms with Crippen LogP contribution in [0.15, 0.2) is 85.1 Å². The molecule has 12 unspecified atom stereocenters. The van der Waals surface area contributed by atoms with Crippen LogP contribution in [0.25, 0.3) is 0 Å². The largest absolute Gasteiger partial charge is 0.394 e. The van der Waals surface area contributed by atoms with Gasteiger partial charge in [0.2, 0.25) is 5.91 Å². The Kier molecular flexibility index (Phi) is 44.6. The van der Waals surface area contributed by atoms with E-state index < -0.39 is 86.8 Å². The molecular formula is C64H111NO13. The summed E-state index contributed by atoms with van der Waals surface area (Å²) in [5.74, 6) is -0.255. The predicted molar refractivity (Wildman–Crippen MR) is 313 cm³/mol. The number of carbonyl (C=O) groups is 1. The molecule has 2 aliphatic heterocycles. The number of aliphatic hydroxyl groups excluding tert-OH is 8. The molecule has 0 radical (unpaired) electrons. The molecular weight excluding hydrogens is 991 g/mol. The molecule has 0 bridgehead atoms. The number of rotatable bonds is 48. The summed E-state index contributed by atoms with van der Waals surface area (Å²) in [6.45, 7) is 2.66. The van der Waals surface area contributed by atoms with E-state index in [4.69, 9.17) is 18.9 Å². The molecule has 14 nitrogen and oxygen atoms in total. The van der Waals surface area contributed by atoms with Crippen molar-refractivity contribution in [2.45, 2.75) is 293 Å². The smallest absolute Gasteiger partial charge is 0.220 e. The summed E-state index contributed by atoms with van der Waals surface area (Å²) >= 11 is 0. The monoisotopic (exact) mass is 1100 g/mol. The molecule has 2 saturated heterocycles. The average Bonchev–Trinajstić information content (AvgIpc) is 3.44. The minimum absolute atomic E-state index is 0.255. The van der Waals surface area contributed by atoms with Gasteiger partial charge in [-0.2, -0.15) is 0 Å². The van der Waals surface area contributed by atoms with E-state index in [1.807, 2.05) is 6.08 Å². The molecule has 2 heterocycles. The van der Waals surface area contributed by atoms with Crippen LogP contribution >= 0.6 is 0 Å². The zero-order chi connectivity index (χ0) is 56.7. The Morgan fingerprint density at radius 3 is 1.41 bits per heavy atom. The third-order valence-electron chi connectivity index (χ3n) is 14.6. The SMILES string of the molecule is CC/C=C\C/C=C\C/C=C\C/C=C\C/C=C\CCCCCCCCCCCCCC(=O)NC(COC1OC(CO)C(OC2OC(CO)C(O)C(O)C2O)C(O)C1O)C(O)/C=C/CC/C=C/CCCCCCCCCCCCC. The Morgan fingerprint density at radius 1 is 0.474 bits per heavy atom. The summed E-state index contributed by atoms with van der Waals surface area (Å²) in [5.41, 5.74) is 0. The molecule has 450 valence electrons. The second-order valence-corrected chi connectivity index (χ2v) is 21.4. The summed E-state index contributed by atoms with van der Waals surface area (Å²) in [5, 5.41) is 87.1. The van der Waals surface area contributed by atoms with E-state index in [-0.39, 0.29) is 18.9 Å². The molecule has 78 heavy (non-hydrogen) atoms. The van der Waals surface area contributed by atoms with Crippen molar-refractivity contribution in [3.05, 3.63) is 85.1 Å². The van der Waals surface area contributed by atoms with Crippen LogP contribution in [0.4, 0.5) is 0 Å². The maximum absolute atomic E-state index is 13.3. The second kappa shape index (κ2) is 48.8. The van der Waals surface area contributed by atoms with Crippen molar-refractivity contribution < 1.29 is 64.6 Å². The van der Waals surface area contributed by atoms with Gasteiger partial charge >= 0.3 is 0 Å². The summed E-state index contributed by atoms with van der Waals surface area (Å²) in [4.78, 5) is 13.3. The number of hydrogen-bond acceptors (Lipinski definition) is 13. The molecule has 0 aromatic rings. The molecule has 2 aliphatic rings. The van der Waals surface area contributed by atoms with Gasteiger partial charge in [-0.05, 0) is 77.0 Å². The van der Waals surface area contributed by atoms with Crippen molar-refractivity contribution in [3.63, 3.8) is 0 Å². The second-order valence-electron chi connectivity index (χ2n) is 21.4. The maximum atomic E-state index is 13.3. The van der Waals surface area contributed by atoms with E-state index in [9.17, 15) is 45.6 Å². The average molecular weight is 1100 g/mol. The number of nitrogens with one attached hydrogen (secondary N) is 1. The van der Waals surface area contributed by atoms with Gasteiger partial charge in [-0.15, -0.1) is 0 Å². The number of ether oxygens (including phenoxy) is 4. The van der Waals surface area contributed by atoms with Gasteiger partial charge in [0.05, 0.1) is 32.0 Å². The van der Waals surface area contributed by atoms with Gasteiger partial charge in [-0.3, -0.25) is 4.79 Å². The lowest BCUT2D eigenvalue weighted by molar-refractivity contribution is -0.359. The molecule has 0 saturated carbocycles. The van der Waals surface area contributed by atoms with E-state index in [0.717, 1.165) is 70.6 Å². The van der Waals surface area contributed by atoms with Gasteiger partial charge in [0.1, 0.15) is 48.8 Å².